The quantitative estimate of drug-likeness (QED) is 0.421. The molecule has 1 aromatic carbocycles. The molecule has 0 fully saturated rings. The largest absolute Gasteiger partial charge is 0.461 e. The summed E-state index contributed by atoms with van der Waals surface area (Å²) in [5.74, 6) is -1.56. The third kappa shape index (κ3) is 3.20. The van der Waals surface area contributed by atoms with Crippen LogP contribution in [0, 0.1) is 11.6 Å². The van der Waals surface area contributed by atoms with Crippen LogP contribution in [0.25, 0.3) is 11.3 Å². The average molecular weight is 439 g/mol. The summed E-state index contributed by atoms with van der Waals surface area (Å²) in [6.45, 7) is 6.16. The summed E-state index contributed by atoms with van der Waals surface area (Å²) >= 11 is 0. The summed E-state index contributed by atoms with van der Waals surface area (Å²) < 4.78 is 38.7. The molecule has 4 nitrogen and oxygen atoms in total. The van der Waals surface area contributed by atoms with Crippen LogP contribution in [0.3, 0.4) is 0 Å². The number of carbonyl (C=O) groups excluding carboxylic acids is 1. The number of methoxy groups -OCH3 is 1. The zero-order valence-corrected chi connectivity index (χ0v) is 18.8. The highest BCUT2D eigenvalue weighted by Crippen LogP contribution is 2.50. The highest BCUT2D eigenvalue weighted by molar-refractivity contribution is 5.85. The predicted octanol–water partition coefficient (Wildman–Crippen LogP) is 4.87. The fourth-order valence-electron chi connectivity index (χ4n) is 5.55. The number of ether oxygens (including phenoxy) is 1. The number of rotatable bonds is 5. The Labute approximate surface area is 187 Å². The Morgan fingerprint density at radius 2 is 1.78 bits per heavy atom. The number of benzene rings is 1. The summed E-state index contributed by atoms with van der Waals surface area (Å²) in [4.78, 5) is 12.5. The molecule has 0 saturated carbocycles. The van der Waals surface area contributed by atoms with E-state index in [2.05, 4.69) is 18.4 Å². The van der Waals surface area contributed by atoms with Crippen LogP contribution in [0.4, 0.5) is 8.78 Å². The Hall–Kier alpha value is -3.15. The second-order valence-electron chi connectivity index (χ2n) is 8.34. The lowest BCUT2D eigenvalue weighted by Crippen LogP contribution is -2.63. The highest BCUT2D eigenvalue weighted by Gasteiger charge is 2.56. The normalized spacial score (nSPS) is 17.2. The summed E-state index contributed by atoms with van der Waals surface area (Å²) in [7, 11) is 1.36. The van der Waals surface area contributed by atoms with Crippen LogP contribution in [0.2, 0.25) is 0 Å². The first-order chi connectivity index (χ1) is 15.4. The number of carbonyl (C=O) groups is 1. The van der Waals surface area contributed by atoms with E-state index in [0.717, 1.165) is 6.07 Å². The molecule has 2 atom stereocenters. The summed E-state index contributed by atoms with van der Waals surface area (Å²) in [6, 6.07) is 13.1. The molecule has 2 unspecified atom stereocenters. The number of hydrogen-bond donors (Lipinski definition) is 0. The Bertz CT molecular complexity index is 1170. The number of fused-ring (bicyclic) bond motifs is 3. The van der Waals surface area contributed by atoms with Crippen LogP contribution >= 0.6 is 0 Å². The fraction of sp³-hybridized carbons (Fsp3) is 0.346. The molecule has 3 heterocycles. The molecule has 0 amide bonds. The number of halogens is 2. The van der Waals surface area contributed by atoms with E-state index in [-0.39, 0.29) is 12.1 Å². The van der Waals surface area contributed by atoms with Crippen molar-refractivity contribution < 1.29 is 27.4 Å². The molecule has 166 valence electrons. The van der Waals surface area contributed by atoms with E-state index in [1.54, 1.807) is 12.1 Å². The molecule has 3 aromatic rings. The Balaban J connectivity index is 2.03. The van der Waals surface area contributed by atoms with Crippen LogP contribution in [-0.2, 0) is 10.2 Å². The number of pyridine rings is 2. The van der Waals surface area contributed by atoms with Gasteiger partial charge in [-0.1, -0.05) is 13.8 Å². The zero-order valence-electron chi connectivity index (χ0n) is 18.8. The van der Waals surface area contributed by atoms with Gasteiger partial charge in [-0.3, -0.25) is 0 Å². The number of aromatic nitrogens is 2. The van der Waals surface area contributed by atoms with Crippen molar-refractivity contribution in [3.63, 3.8) is 0 Å². The fourth-order valence-corrected chi connectivity index (χ4v) is 5.55. The minimum absolute atomic E-state index is 0.196. The standard InChI is InChI=1S/C26H28F2N2O2/c1-5-26(6-2)19-15-18(27)16-20(28)23(19)21-11-7-10-14-30(21)24(26)17(3)29-13-9-8-12-22(29)25(31)32-4/h7-17,24H,5-6H2,1-4H3/q+2. The zero-order chi connectivity index (χ0) is 23.0. The molecule has 0 radical (unpaired) electrons. The van der Waals surface area contributed by atoms with Gasteiger partial charge in [-0.05, 0) is 36.6 Å². The van der Waals surface area contributed by atoms with E-state index in [4.69, 9.17) is 4.74 Å². The van der Waals surface area contributed by atoms with Gasteiger partial charge in [0.1, 0.15) is 11.6 Å². The number of esters is 1. The third-order valence-corrected chi connectivity index (χ3v) is 7.05. The van der Waals surface area contributed by atoms with Crippen molar-refractivity contribution in [1.29, 1.82) is 0 Å². The van der Waals surface area contributed by atoms with Gasteiger partial charge in [0.05, 0.1) is 18.1 Å². The van der Waals surface area contributed by atoms with Crippen molar-refractivity contribution in [2.24, 2.45) is 0 Å². The van der Waals surface area contributed by atoms with Crippen LogP contribution in [-0.4, -0.2) is 13.1 Å². The van der Waals surface area contributed by atoms with Crippen LogP contribution < -0.4 is 9.13 Å². The Kier molecular flexibility index (Phi) is 5.80. The van der Waals surface area contributed by atoms with Crippen molar-refractivity contribution >= 4 is 5.97 Å². The maximum Gasteiger partial charge on any atom is 0.403 e. The van der Waals surface area contributed by atoms with Crippen molar-refractivity contribution in [2.45, 2.75) is 51.1 Å². The lowest BCUT2D eigenvalue weighted by atomic mass is 9.64. The van der Waals surface area contributed by atoms with E-state index in [1.165, 1.54) is 13.2 Å². The van der Waals surface area contributed by atoms with Gasteiger partial charge in [0.2, 0.25) is 17.8 Å². The molecule has 0 saturated heterocycles. The lowest BCUT2D eigenvalue weighted by molar-refractivity contribution is -0.818. The smallest absolute Gasteiger partial charge is 0.403 e. The van der Waals surface area contributed by atoms with Gasteiger partial charge in [-0.2, -0.15) is 9.13 Å². The Morgan fingerprint density at radius 1 is 1.09 bits per heavy atom. The van der Waals surface area contributed by atoms with Gasteiger partial charge in [0, 0.05) is 37.3 Å². The van der Waals surface area contributed by atoms with Gasteiger partial charge in [0.15, 0.2) is 12.4 Å². The molecule has 6 heteroatoms. The van der Waals surface area contributed by atoms with E-state index >= 15 is 4.39 Å². The SMILES string of the molecule is CCC1(CC)c2cc(F)cc(F)c2-c2cccc[n+]2C1C(C)[n+]1ccccc1C(=O)OC. The molecule has 1 aliphatic heterocycles. The average Bonchev–Trinajstić information content (AvgIpc) is 2.81. The Morgan fingerprint density at radius 3 is 2.47 bits per heavy atom. The van der Waals surface area contributed by atoms with Crippen molar-refractivity contribution in [1.82, 2.24) is 0 Å². The summed E-state index contributed by atoms with van der Waals surface area (Å²) in [6.07, 6.45) is 5.16. The van der Waals surface area contributed by atoms with Crippen molar-refractivity contribution in [3.05, 3.63) is 83.8 Å². The minimum Gasteiger partial charge on any atom is -0.461 e. The molecule has 4 rings (SSSR count). The summed E-state index contributed by atoms with van der Waals surface area (Å²) in [5, 5.41) is 0. The molecule has 2 aromatic heterocycles. The molecule has 0 N–H and O–H groups in total. The van der Waals surface area contributed by atoms with E-state index in [0.29, 0.717) is 35.4 Å². The van der Waals surface area contributed by atoms with E-state index < -0.39 is 23.0 Å². The van der Waals surface area contributed by atoms with Crippen molar-refractivity contribution in [3.8, 4) is 11.3 Å². The predicted molar refractivity (Wildman–Crippen MR) is 116 cm³/mol. The van der Waals surface area contributed by atoms with Gasteiger partial charge in [-0.15, -0.1) is 0 Å². The lowest BCUT2D eigenvalue weighted by Gasteiger charge is -2.41. The molecule has 0 bridgehead atoms. The maximum atomic E-state index is 15.2. The minimum atomic E-state index is -0.578. The molecule has 1 aliphatic rings. The van der Waals surface area contributed by atoms with Gasteiger partial charge < -0.3 is 4.74 Å². The first-order valence-corrected chi connectivity index (χ1v) is 11.0. The highest BCUT2D eigenvalue weighted by atomic mass is 19.1. The van der Waals surface area contributed by atoms with E-state index in [9.17, 15) is 9.18 Å². The van der Waals surface area contributed by atoms with Crippen LogP contribution in [0.5, 0.6) is 0 Å². The number of nitrogens with zero attached hydrogens (tertiary/aromatic N) is 2. The summed E-state index contributed by atoms with van der Waals surface area (Å²) in [5.41, 5.74) is 1.71. The second kappa shape index (κ2) is 8.41. The molecule has 0 spiro atoms. The van der Waals surface area contributed by atoms with Crippen LogP contribution in [0.15, 0.2) is 60.9 Å². The molecular formula is C26H28F2N2O2+2. The van der Waals surface area contributed by atoms with Gasteiger partial charge >= 0.3 is 5.97 Å². The first-order valence-electron chi connectivity index (χ1n) is 11.0. The monoisotopic (exact) mass is 438 g/mol. The molecule has 0 aliphatic carbocycles. The van der Waals surface area contributed by atoms with Gasteiger partial charge in [0.25, 0.3) is 5.69 Å². The second-order valence-corrected chi connectivity index (χ2v) is 8.34. The van der Waals surface area contributed by atoms with Crippen LogP contribution in [0.1, 0.15) is 61.7 Å². The topological polar surface area (TPSA) is 34.1 Å². The molecule has 32 heavy (non-hydrogen) atoms. The first kappa shape index (κ1) is 22.1. The number of hydrogen-bond acceptors (Lipinski definition) is 2. The third-order valence-electron chi connectivity index (χ3n) is 7.05. The van der Waals surface area contributed by atoms with E-state index in [1.807, 2.05) is 48.1 Å². The molecular weight excluding hydrogens is 410 g/mol. The maximum absolute atomic E-state index is 15.2. The van der Waals surface area contributed by atoms with Crippen molar-refractivity contribution in [2.75, 3.05) is 7.11 Å². The van der Waals surface area contributed by atoms with Gasteiger partial charge in [-0.25, -0.2) is 13.6 Å².